The van der Waals surface area contributed by atoms with E-state index in [-0.39, 0.29) is 11.5 Å². The Morgan fingerprint density at radius 3 is 2.77 bits per heavy atom. The highest BCUT2D eigenvalue weighted by Gasteiger charge is 2.06. The summed E-state index contributed by atoms with van der Waals surface area (Å²) in [7, 11) is 1.95. The summed E-state index contributed by atoms with van der Waals surface area (Å²) in [4.78, 5) is 2.03. The zero-order valence-electron chi connectivity index (χ0n) is 8.05. The molecule has 0 heterocycles. The maximum absolute atomic E-state index is 13.3. The number of anilines is 1. The molecular formula is C10H15FN2. The van der Waals surface area contributed by atoms with E-state index in [1.54, 1.807) is 18.2 Å². The third-order valence-electron chi connectivity index (χ3n) is 2.09. The van der Waals surface area contributed by atoms with Gasteiger partial charge in [0.25, 0.3) is 0 Å². The first-order valence-corrected chi connectivity index (χ1v) is 4.36. The van der Waals surface area contributed by atoms with Crippen LogP contribution in [-0.4, -0.2) is 18.5 Å². The topological polar surface area (TPSA) is 29.3 Å². The van der Waals surface area contributed by atoms with Crippen LogP contribution in [-0.2, 0) is 6.54 Å². The van der Waals surface area contributed by atoms with Gasteiger partial charge >= 0.3 is 0 Å². The first kappa shape index (κ1) is 9.99. The van der Waals surface area contributed by atoms with Gasteiger partial charge in [-0.1, -0.05) is 19.1 Å². The number of nitrogens with zero attached hydrogens (tertiary/aromatic N) is 1. The molecule has 0 aliphatic heterocycles. The predicted octanol–water partition coefficient (Wildman–Crippen LogP) is 1.86. The molecule has 2 nitrogen and oxygen atoms in total. The van der Waals surface area contributed by atoms with E-state index in [0.717, 1.165) is 6.54 Å². The molecule has 0 amide bonds. The Kier molecular flexibility index (Phi) is 3.25. The Bertz CT molecular complexity index is 286. The van der Waals surface area contributed by atoms with Crippen molar-refractivity contribution in [2.24, 2.45) is 0 Å². The summed E-state index contributed by atoms with van der Waals surface area (Å²) in [5, 5.41) is 0. The summed E-state index contributed by atoms with van der Waals surface area (Å²) in [5.41, 5.74) is 6.33. The van der Waals surface area contributed by atoms with E-state index in [9.17, 15) is 4.39 Å². The molecule has 0 bridgehead atoms. The van der Waals surface area contributed by atoms with Crippen molar-refractivity contribution >= 4 is 5.69 Å². The van der Waals surface area contributed by atoms with E-state index in [1.807, 2.05) is 18.9 Å². The smallest absolute Gasteiger partial charge is 0.150 e. The van der Waals surface area contributed by atoms with Crippen LogP contribution in [0.3, 0.4) is 0 Å². The van der Waals surface area contributed by atoms with E-state index in [2.05, 4.69) is 0 Å². The van der Waals surface area contributed by atoms with Gasteiger partial charge in [0.1, 0.15) is 0 Å². The standard InChI is InChI=1S/C10H15FN2/c1-3-13(2)7-8-5-4-6-9(12)10(8)11/h4-6H,3,7,12H2,1-2H3. The number of halogens is 1. The molecule has 2 N–H and O–H groups in total. The maximum Gasteiger partial charge on any atom is 0.150 e. The van der Waals surface area contributed by atoms with Gasteiger partial charge in [-0.15, -0.1) is 0 Å². The van der Waals surface area contributed by atoms with Crippen LogP contribution < -0.4 is 5.73 Å². The number of nitrogens with two attached hydrogens (primary N) is 1. The minimum absolute atomic E-state index is 0.224. The van der Waals surface area contributed by atoms with E-state index >= 15 is 0 Å². The van der Waals surface area contributed by atoms with Crippen molar-refractivity contribution in [2.75, 3.05) is 19.3 Å². The lowest BCUT2D eigenvalue weighted by atomic mass is 10.2. The van der Waals surface area contributed by atoms with E-state index < -0.39 is 0 Å². The molecule has 1 aromatic carbocycles. The average molecular weight is 182 g/mol. The molecule has 0 atom stereocenters. The lowest BCUT2D eigenvalue weighted by Crippen LogP contribution is -2.17. The van der Waals surface area contributed by atoms with Crippen molar-refractivity contribution in [1.82, 2.24) is 4.90 Å². The molecule has 0 unspecified atom stereocenters. The van der Waals surface area contributed by atoms with Crippen LogP contribution in [0.25, 0.3) is 0 Å². The van der Waals surface area contributed by atoms with Gasteiger partial charge in [0.2, 0.25) is 0 Å². The highest BCUT2D eigenvalue weighted by molar-refractivity contribution is 5.42. The second-order valence-corrected chi connectivity index (χ2v) is 3.15. The van der Waals surface area contributed by atoms with Crippen molar-refractivity contribution in [3.05, 3.63) is 29.6 Å². The van der Waals surface area contributed by atoms with Crippen molar-refractivity contribution in [3.63, 3.8) is 0 Å². The molecule has 72 valence electrons. The van der Waals surface area contributed by atoms with Crippen LogP contribution in [0.1, 0.15) is 12.5 Å². The third kappa shape index (κ3) is 2.42. The van der Waals surface area contributed by atoms with Crippen molar-refractivity contribution in [1.29, 1.82) is 0 Å². The Morgan fingerprint density at radius 2 is 2.15 bits per heavy atom. The number of rotatable bonds is 3. The fourth-order valence-electron chi connectivity index (χ4n) is 1.12. The second-order valence-electron chi connectivity index (χ2n) is 3.15. The second kappa shape index (κ2) is 4.23. The Morgan fingerprint density at radius 1 is 1.46 bits per heavy atom. The van der Waals surface area contributed by atoms with Gasteiger partial charge in [0.05, 0.1) is 5.69 Å². The van der Waals surface area contributed by atoms with Crippen LogP contribution in [0.4, 0.5) is 10.1 Å². The molecule has 0 aromatic heterocycles. The molecule has 0 aliphatic rings. The lowest BCUT2D eigenvalue weighted by molar-refractivity contribution is 0.339. The maximum atomic E-state index is 13.3. The summed E-state index contributed by atoms with van der Waals surface area (Å²) >= 11 is 0. The summed E-state index contributed by atoms with van der Waals surface area (Å²) in [6.07, 6.45) is 0. The average Bonchev–Trinajstić information content (AvgIpc) is 2.13. The summed E-state index contributed by atoms with van der Waals surface area (Å²) in [5.74, 6) is -0.289. The van der Waals surface area contributed by atoms with Gasteiger partial charge in [-0.05, 0) is 19.7 Å². The van der Waals surface area contributed by atoms with E-state index in [1.165, 1.54) is 0 Å². The summed E-state index contributed by atoms with van der Waals surface area (Å²) < 4.78 is 13.3. The highest BCUT2D eigenvalue weighted by atomic mass is 19.1. The number of hydrogen-bond acceptors (Lipinski definition) is 2. The zero-order chi connectivity index (χ0) is 9.84. The van der Waals surface area contributed by atoms with Gasteiger partial charge in [-0.25, -0.2) is 4.39 Å². The summed E-state index contributed by atoms with van der Waals surface area (Å²) in [6.45, 7) is 3.53. The molecule has 0 saturated heterocycles. The molecular weight excluding hydrogens is 167 g/mol. The molecule has 0 aliphatic carbocycles. The quantitative estimate of drug-likeness (QED) is 0.723. The minimum Gasteiger partial charge on any atom is -0.396 e. The molecule has 1 rings (SSSR count). The van der Waals surface area contributed by atoms with Gasteiger partial charge in [0.15, 0.2) is 5.82 Å². The monoisotopic (exact) mass is 182 g/mol. The van der Waals surface area contributed by atoms with Gasteiger partial charge in [-0.3, -0.25) is 0 Å². The predicted molar refractivity (Wildman–Crippen MR) is 52.8 cm³/mol. The number of benzene rings is 1. The van der Waals surface area contributed by atoms with Crippen LogP contribution >= 0.6 is 0 Å². The van der Waals surface area contributed by atoms with E-state index in [0.29, 0.717) is 12.1 Å². The van der Waals surface area contributed by atoms with Crippen molar-refractivity contribution in [2.45, 2.75) is 13.5 Å². The Hall–Kier alpha value is -1.09. The van der Waals surface area contributed by atoms with E-state index in [4.69, 9.17) is 5.73 Å². The number of hydrogen-bond donors (Lipinski definition) is 1. The molecule has 1 aromatic rings. The van der Waals surface area contributed by atoms with Crippen molar-refractivity contribution < 1.29 is 4.39 Å². The van der Waals surface area contributed by atoms with Gasteiger partial charge in [-0.2, -0.15) is 0 Å². The molecule has 0 saturated carbocycles. The molecule has 13 heavy (non-hydrogen) atoms. The third-order valence-corrected chi connectivity index (χ3v) is 2.09. The van der Waals surface area contributed by atoms with Crippen LogP contribution in [0.15, 0.2) is 18.2 Å². The van der Waals surface area contributed by atoms with Gasteiger partial charge < -0.3 is 10.6 Å². The summed E-state index contributed by atoms with van der Waals surface area (Å²) in [6, 6.07) is 5.11. The first-order chi connectivity index (χ1) is 6.15. The largest absolute Gasteiger partial charge is 0.396 e. The fraction of sp³-hybridized carbons (Fsp3) is 0.400. The van der Waals surface area contributed by atoms with Crippen LogP contribution in [0.5, 0.6) is 0 Å². The normalized spacial score (nSPS) is 10.8. The first-order valence-electron chi connectivity index (χ1n) is 4.36. The lowest BCUT2D eigenvalue weighted by Gasteiger charge is -2.14. The SMILES string of the molecule is CCN(C)Cc1cccc(N)c1F. The van der Waals surface area contributed by atoms with Crippen LogP contribution in [0, 0.1) is 5.82 Å². The van der Waals surface area contributed by atoms with Gasteiger partial charge in [0, 0.05) is 12.1 Å². The number of nitrogen functional groups attached to an aromatic ring is 1. The Labute approximate surface area is 78.2 Å². The molecule has 0 fully saturated rings. The molecule has 3 heteroatoms. The molecule has 0 radical (unpaired) electrons. The Balaban J connectivity index is 2.83. The fourth-order valence-corrected chi connectivity index (χ4v) is 1.12. The minimum atomic E-state index is -0.289. The zero-order valence-corrected chi connectivity index (χ0v) is 8.05. The molecule has 0 spiro atoms. The van der Waals surface area contributed by atoms with Crippen LogP contribution in [0.2, 0.25) is 0 Å². The highest BCUT2D eigenvalue weighted by Crippen LogP contribution is 2.15. The van der Waals surface area contributed by atoms with Crippen molar-refractivity contribution in [3.8, 4) is 0 Å².